The van der Waals surface area contributed by atoms with Gasteiger partial charge in [-0.1, -0.05) is 57.0 Å². The number of hydrogen-bond acceptors (Lipinski definition) is 8. The first-order valence-electron chi connectivity index (χ1n) is 14.6. The molecule has 0 saturated heterocycles. The van der Waals surface area contributed by atoms with E-state index in [1.54, 1.807) is 27.7 Å². The molecule has 2 aromatic carbocycles. The van der Waals surface area contributed by atoms with Gasteiger partial charge in [-0.15, -0.1) is 0 Å². The number of nitrogens with one attached hydrogen (secondary N) is 1. The van der Waals surface area contributed by atoms with E-state index >= 15 is 0 Å². The van der Waals surface area contributed by atoms with Gasteiger partial charge >= 0.3 is 6.09 Å². The molecule has 2 rings (SSSR count). The minimum absolute atomic E-state index is 0.0759. The smallest absolute Gasteiger partial charge is 0.408 e. The van der Waals surface area contributed by atoms with Gasteiger partial charge in [-0.25, -0.2) is 13.2 Å². The Morgan fingerprint density at radius 1 is 1.05 bits per heavy atom. The number of alkyl carbamates (subject to hydrolysis) is 1. The molecular formula is C32H48N2O7S. The minimum atomic E-state index is -4.32. The third-order valence-electron chi connectivity index (χ3n) is 7.60. The summed E-state index contributed by atoms with van der Waals surface area (Å²) < 4.78 is 39.3. The van der Waals surface area contributed by atoms with Crippen LogP contribution in [0.5, 0.6) is 5.75 Å². The molecule has 42 heavy (non-hydrogen) atoms. The lowest BCUT2D eigenvalue weighted by molar-refractivity contribution is -0.120. The van der Waals surface area contributed by atoms with Crippen LogP contribution < -0.4 is 15.8 Å². The van der Waals surface area contributed by atoms with Crippen LogP contribution in [0.25, 0.3) is 0 Å². The molecular weight excluding hydrogens is 556 g/mol. The largest absolute Gasteiger partial charge is 0.497 e. The van der Waals surface area contributed by atoms with Gasteiger partial charge in [0.2, 0.25) is 0 Å². The number of carbonyl (C=O) groups is 2. The maximum Gasteiger partial charge on any atom is 0.408 e. The number of carbonyl (C=O) groups excluding carboxylic acids is 2. The predicted octanol–water partition coefficient (Wildman–Crippen LogP) is 5.01. The van der Waals surface area contributed by atoms with E-state index in [2.05, 4.69) is 12.2 Å². The topological polar surface area (TPSA) is 145 Å². The third-order valence-corrected chi connectivity index (χ3v) is 9.90. The summed E-state index contributed by atoms with van der Waals surface area (Å²) in [5, 5.41) is 13.2. The summed E-state index contributed by atoms with van der Waals surface area (Å²) in [7, 11) is -2.85. The van der Waals surface area contributed by atoms with E-state index in [1.165, 1.54) is 31.4 Å². The number of aliphatic hydroxyl groups is 1. The second-order valence-electron chi connectivity index (χ2n) is 11.8. The van der Waals surface area contributed by atoms with Gasteiger partial charge in [-0.2, -0.15) is 0 Å². The van der Waals surface area contributed by atoms with Gasteiger partial charge in [-0.3, -0.25) is 0 Å². The van der Waals surface area contributed by atoms with Gasteiger partial charge in [0, 0.05) is 0 Å². The minimum Gasteiger partial charge on any atom is -0.497 e. The zero-order valence-corrected chi connectivity index (χ0v) is 26.5. The molecule has 10 heteroatoms. The van der Waals surface area contributed by atoms with Crippen molar-refractivity contribution in [2.45, 2.75) is 100 Å². The van der Waals surface area contributed by atoms with Crippen molar-refractivity contribution in [1.82, 2.24) is 5.32 Å². The van der Waals surface area contributed by atoms with Crippen LogP contribution in [0.2, 0.25) is 0 Å². The van der Waals surface area contributed by atoms with E-state index in [0.717, 1.165) is 18.4 Å². The van der Waals surface area contributed by atoms with Crippen LogP contribution in [0.4, 0.5) is 4.79 Å². The Bertz CT molecular complexity index is 1230. The number of aldehydes is 1. The van der Waals surface area contributed by atoms with E-state index in [-0.39, 0.29) is 30.2 Å². The molecule has 0 bridgehead atoms. The van der Waals surface area contributed by atoms with Crippen LogP contribution in [-0.2, 0) is 19.4 Å². The molecule has 0 spiro atoms. The number of unbranched alkanes of at least 4 members (excludes halogenated alkanes) is 1. The molecule has 0 aliphatic heterocycles. The van der Waals surface area contributed by atoms with Crippen LogP contribution in [-0.4, -0.2) is 62.1 Å². The molecule has 1 amide bonds. The lowest BCUT2D eigenvalue weighted by Gasteiger charge is -2.44. The van der Waals surface area contributed by atoms with Gasteiger partial charge in [0.1, 0.15) is 23.2 Å². The van der Waals surface area contributed by atoms with Crippen molar-refractivity contribution in [2.24, 2.45) is 11.7 Å². The van der Waals surface area contributed by atoms with Gasteiger partial charge in [0.05, 0.1) is 23.4 Å². The molecule has 0 heterocycles. The van der Waals surface area contributed by atoms with Crippen LogP contribution in [0.3, 0.4) is 0 Å². The number of nitrogens with two attached hydrogens (primary N) is 1. The molecule has 9 nitrogen and oxygen atoms in total. The zero-order chi connectivity index (χ0) is 31.6. The van der Waals surface area contributed by atoms with E-state index in [9.17, 15) is 23.1 Å². The van der Waals surface area contributed by atoms with E-state index in [1.807, 2.05) is 30.3 Å². The first-order valence-corrected chi connectivity index (χ1v) is 16.1. The zero-order valence-electron chi connectivity index (χ0n) is 25.7. The van der Waals surface area contributed by atoms with Crippen molar-refractivity contribution in [3.8, 4) is 5.75 Å². The second kappa shape index (κ2) is 15.5. The van der Waals surface area contributed by atoms with Gasteiger partial charge in [-0.05, 0) is 88.2 Å². The van der Waals surface area contributed by atoms with Crippen LogP contribution in [0.1, 0.15) is 78.2 Å². The van der Waals surface area contributed by atoms with Gasteiger partial charge in [0.15, 0.2) is 9.84 Å². The molecule has 0 aliphatic carbocycles. The van der Waals surface area contributed by atoms with Crippen LogP contribution in [0.15, 0.2) is 59.5 Å². The fraction of sp³-hybridized carbons (Fsp3) is 0.562. The first-order chi connectivity index (χ1) is 19.8. The van der Waals surface area contributed by atoms with Crippen molar-refractivity contribution < 1.29 is 32.6 Å². The summed E-state index contributed by atoms with van der Waals surface area (Å²) in [5.74, 6) is -0.401. The Morgan fingerprint density at radius 2 is 1.67 bits per heavy atom. The fourth-order valence-electron chi connectivity index (χ4n) is 5.40. The fourth-order valence-corrected chi connectivity index (χ4v) is 7.48. The SMILES string of the molecule is CCCCC(c1ccccc1)C(C)C(O)C(C=O)(NC(=O)OC(C)(C)C)C(CCCN)S(=O)(=O)c1ccc(OC)cc1. The normalized spacial score (nSPS) is 16.4. The Labute approximate surface area is 251 Å². The average Bonchev–Trinajstić information content (AvgIpc) is 2.95. The molecule has 234 valence electrons. The predicted molar refractivity (Wildman–Crippen MR) is 164 cm³/mol. The monoisotopic (exact) mass is 604 g/mol. The van der Waals surface area contributed by atoms with Crippen molar-refractivity contribution in [3.63, 3.8) is 0 Å². The highest BCUT2D eigenvalue weighted by atomic mass is 32.2. The Hall–Kier alpha value is -2.95. The molecule has 0 fully saturated rings. The highest BCUT2D eigenvalue weighted by Crippen LogP contribution is 2.39. The molecule has 5 unspecified atom stereocenters. The highest BCUT2D eigenvalue weighted by molar-refractivity contribution is 7.92. The molecule has 0 aromatic heterocycles. The summed E-state index contributed by atoms with van der Waals surface area (Å²) in [4.78, 5) is 26.5. The summed E-state index contributed by atoms with van der Waals surface area (Å²) >= 11 is 0. The maximum absolute atomic E-state index is 14.3. The van der Waals surface area contributed by atoms with Crippen molar-refractivity contribution >= 4 is 22.2 Å². The second-order valence-corrected chi connectivity index (χ2v) is 13.9. The van der Waals surface area contributed by atoms with Crippen LogP contribution in [0, 0.1) is 5.92 Å². The molecule has 2 aromatic rings. The van der Waals surface area contributed by atoms with E-state index < -0.39 is 44.3 Å². The molecule has 0 aliphatic rings. The Balaban J connectivity index is 2.77. The standard InChI is InChI=1S/C32H48N2O7S/c1-7-8-15-27(24-13-10-9-11-14-24)23(2)29(36)32(22-35,34-30(37)41-31(3,4)5)28(16-12-21-33)42(38,39)26-19-17-25(40-6)18-20-26/h9-11,13-14,17-20,22-23,27-29,36H,7-8,12,15-16,21,33H2,1-6H3,(H,34,37). The maximum atomic E-state index is 14.3. The van der Waals surface area contributed by atoms with E-state index in [4.69, 9.17) is 15.2 Å². The summed E-state index contributed by atoms with van der Waals surface area (Å²) in [6.45, 7) is 8.96. The lowest BCUT2D eigenvalue weighted by atomic mass is 9.73. The molecule has 4 N–H and O–H groups in total. The van der Waals surface area contributed by atoms with Gasteiger partial charge < -0.3 is 30.4 Å². The number of methoxy groups -OCH3 is 1. The van der Waals surface area contributed by atoms with Crippen molar-refractivity contribution in [2.75, 3.05) is 13.7 Å². The van der Waals surface area contributed by atoms with E-state index in [0.29, 0.717) is 18.5 Å². The number of aliphatic hydroxyl groups excluding tert-OH is 1. The Morgan fingerprint density at radius 3 is 2.17 bits per heavy atom. The number of hydrogen-bond donors (Lipinski definition) is 3. The summed E-state index contributed by atoms with van der Waals surface area (Å²) in [5.41, 5.74) is 3.56. The number of ether oxygens (including phenoxy) is 2. The van der Waals surface area contributed by atoms with Crippen LogP contribution >= 0.6 is 0 Å². The van der Waals surface area contributed by atoms with Gasteiger partial charge in [0.25, 0.3) is 0 Å². The number of rotatable bonds is 16. The Kier molecular flexibility index (Phi) is 13.0. The number of benzene rings is 2. The molecule has 0 saturated carbocycles. The number of sulfone groups is 1. The summed E-state index contributed by atoms with van der Waals surface area (Å²) in [6.07, 6.45) is 0.352. The first kappa shape index (κ1) is 35.2. The van der Waals surface area contributed by atoms with Crippen molar-refractivity contribution in [3.05, 3.63) is 60.2 Å². The third kappa shape index (κ3) is 8.78. The quantitative estimate of drug-likeness (QED) is 0.227. The summed E-state index contributed by atoms with van der Waals surface area (Å²) in [6, 6.07) is 15.4. The molecule has 0 radical (unpaired) electrons. The average molecular weight is 605 g/mol. The lowest BCUT2D eigenvalue weighted by Crippen LogP contribution is -2.69. The highest BCUT2D eigenvalue weighted by Gasteiger charge is 2.55. The number of amides is 1. The van der Waals surface area contributed by atoms with Crippen molar-refractivity contribution in [1.29, 1.82) is 0 Å². The molecule has 5 atom stereocenters.